The average Bonchev–Trinajstić information content (AvgIpc) is 2.91. The first kappa shape index (κ1) is 20.0. The predicted octanol–water partition coefficient (Wildman–Crippen LogP) is 3.17. The molecule has 0 aliphatic carbocycles. The van der Waals surface area contributed by atoms with Gasteiger partial charge in [0, 0.05) is 12.1 Å². The van der Waals surface area contributed by atoms with E-state index in [4.69, 9.17) is 23.2 Å². The summed E-state index contributed by atoms with van der Waals surface area (Å²) in [6.07, 6.45) is 1.97. The fraction of sp³-hybridized carbons (Fsp3) is 0.438. The Kier molecular flexibility index (Phi) is 6.68. The van der Waals surface area contributed by atoms with Crippen molar-refractivity contribution in [2.24, 2.45) is 0 Å². The number of hydrogen-bond donors (Lipinski definition) is 2. The van der Waals surface area contributed by atoms with Crippen molar-refractivity contribution in [1.82, 2.24) is 25.4 Å². The van der Waals surface area contributed by atoms with E-state index in [0.717, 1.165) is 19.4 Å². The van der Waals surface area contributed by atoms with Crippen LogP contribution in [0.1, 0.15) is 36.2 Å². The SMILES string of the molecule is Cc1nc(C(=O)NC2CCCNC2C)nn1-c1c(Cl)cccc1Cl.Cl. The second-order valence-corrected chi connectivity index (χ2v) is 6.74. The molecule has 136 valence electrons. The van der Waals surface area contributed by atoms with Gasteiger partial charge < -0.3 is 10.6 Å². The monoisotopic (exact) mass is 403 g/mol. The highest BCUT2D eigenvalue weighted by Crippen LogP contribution is 2.28. The topological polar surface area (TPSA) is 71.8 Å². The van der Waals surface area contributed by atoms with Crippen LogP contribution in [0.4, 0.5) is 0 Å². The summed E-state index contributed by atoms with van der Waals surface area (Å²) >= 11 is 12.4. The van der Waals surface area contributed by atoms with Gasteiger partial charge in [-0.3, -0.25) is 4.79 Å². The number of nitrogens with one attached hydrogen (secondary N) is 2. The van der Waals surface area contributed by atoms with E-state index in [1.54, 1.807) is 25.1 Å². The van der Waals surface area contributed by atoms with Crippen LogP contribution in [0.25, 0.3) is 5.69 Å². The number of benzene rings is 1. The third-order valence-corrected chi connectivity index (χ3v) is 4.81. The molecule has 3 rings (SSSR count). The van der Waals surface area contributed by atoms with Gasteiger partial charge in [-0.1, -0.05) is 29.3 Å². The highest BCUT2D eigenvalue weighted by atomic mass is 35.5. The Hall–Kier alpha value is -1.34. The molecular weight excluding hydrogens is 385 g/mol. The van der Waals surface area contributed by atoms with Crippen LogP contribution in [0, 0.1) is 6.92 Å². The summed E-state index contributed by atoms with van der Waals surface area (Å²) in [5, 5.41) is 11.6. The molecule has 6 nitrogen and oxygen atoms in total. The van der Waals surface area contributed by atoms with Crippen LogP contribution < -0.4 is 10.6 Å². The van der Waals surface area contributed by atoms with Crippen LogP contribution >= 0.6 is 35.6 Å². The summed E-state index contributed by atoms with van der Waals surface area (Å²) < 4.78 is 1.50. The van der Waals surface area contributed by atoms with E-state index in [1.807, 2.05) is 0 Å². The van der Waals surface area contributed by atoms with Crippen LogP contribution in [0.15, 0.2) is 18.2 Å². The number of hydrogen-bond acceptors (Lipinski definition) is 4. The second-order valence-electron chi connectivity index (χ2n) is 5.93. The molecule has 1 aromatic carbocycles. The third kappa shape index (κ3) is 4.26. The van der Waals surface area contributed by atoms with Crippen molar-refractivity contribution < 1.29 is 4.79 Å². The zero-order chi connectivity index (χ0) is 17.3. The van der Waals surface area contributed by atoms with Gasteiger partial charge in [0.25, 0.3) is 5.91 Å². The Morgan fingerprint density at radius 1 is 1.36 bits per heavy atom. The highest BCUT2D eigenvalue weighted by Gasteiger charge is 2.25. The average molecular weight is 405 g/mol. The number of rotatable bonds is 3. The summed E-state index contributed by atoms with van der Waals surface area (Å²) in [4.78, 5) is 16.7. The van der Waals surface area contributed by atoms with Crippen molar-refractivity contribution in [2.75, 3.05) is 6.54 Å². The van der Waals surface area contributed by atoms with E-state index >= 15 is 0 Å². The molecule has 1 aliphatic heterocycles. The first-order chi connectivity index (χ1) is 11.5. The molecule has 0 spiro atoms. The van der Waals surface area contributed by atoms with Crippen molar-refractivity contribution in [1.29, 1.82) is 0 Å². The first-order valence-corrected chi connectivity index (χ1v) is 8.65. The zero-order valence-corrected chi connectivity index (χ0v) is 16.3. The molecule has 1 amide bonds. The lowest BCUT2D eigenvalue weighted by Gasteiger charge is -2.30. The number of nitrogens with zero attached hydrogens (tertiary/aromatic N) is 3. The standard InChI is InChI=1S/C16H19Cl2N5O.ClH/c1-9-13(7-4-8-19-9)21-16(24)15-20-10(2)23(22-15)14-11(17)5-3-6-12(14)18;/h3,5-6,9,13,19H,4,7-8H2,1-2H3,(H,21,24);1H. The van der Waals surface area contributed by atoms with Crippen LogP contribution in [-0.2, 0) is 0 Å². The molecule has 2 heterocycles. The molecule has 2 unspecified atom stereocenters. The summed E-state index contributed by atoms with van der Waals surface area (Å²) in [5.74, 6) is 0.367. The van der Waals surface area contributed by atoms with E-state index in [1.165, 1.54) is 4.68 Å². The molecule has 2 N–H and O–H groups in total. The summed E-state index contributed by atoms with van der Waals surface area (Å²) in [7, 11) is 0. The maximum Gasteiger partial charge on any atom is 0.291 e. The number of carbonyl (C=O) groups is 1. The highest BCUT2D eigenvalue weighted by molar-refractivity contribution is 6.37. The molecule has 2 atom stereocenters. The Bertz CT molecular complexity index is 744. The van der Waals surface area contributed by atoms with Gasteiger partial charge in [-0.25, -0.2) is 9.67 Å². The Labute approximate surface area is 162 Å². The summed E-state index contributed by atoms with van der Waals surface area (Å²) in [6, 6.07) is 5.50. The fourth-order valence-corrected chi connectivity index (χ4v) is 3.42. The number of amides is 1. The largest absolute Gasteiger partial charge is 0.345 e. The molecule has 1 fully saturated rings. The van der Waals surface area contributed by atoms with Crippen molar-refractivity contribution in [3.63, 3.8) is 0 Å². The lowest BCUT2D eigenvalue weighted by Crippen LogP contribution is -2.52. The minimum absolute atomic E-state index is 0. The smallest absolute Gasteiger partial charge is 0.291 e. The van der Waals surface area contributed by atoms with Crippen molar-refractivity contribution >= 4 is 41.5 Å². The summed E-state index contributed by atoms with van der Waals surface area (Å²) in [6.45, 7) is 4.80. The van der Waals surface area contributed by atoms with E-state index in [9.17, 15) is 4.79 Å². The fourth-order valence-electron chi connectivity index (χ4n) is 2.86. The molecule has 2 aromatic rings. The molecular formula is C16H20Cl3N5O. The van der Waals surface area contributed by atoms with Crippen LogP contribution in [-0.4, -0.2) is 39.3 Å². The van der Waals surface area contributed by atoms with Crippen molar-refractivity contribution in [3.05, 3.63) is 39.9 Å². The second kappa shape index (κ2) is 8.36. The number of para-hydroxylation sites is 1. The molecule has 9 heteroatoms. The van der Waals surface area contributed by atoms with E-state index < -0.39 is 0 Å². The Morgan fingerprint density at radius 3 is 2.68 bits per heavy atom. The maximum absolute atomic E-state index is 12.5. The number of aromatic nitrogens is 3. The first-order valence-electron chi connectivity index (χ1n) is 7.89. The van der Waals surface area contributed by atoms with Crippen LogP contribution in [0.3, 0.4) is 0 Å². The van der Waals surface area contributed by atoms with Gasteiger partial charge in [-0.05, 0) is 45.4 Å². The minimum atomic E-state index is -0.291. The Balaban J connectivity index is 0.00000225. The lowest BCUT2D eigenvalue weighted by atomic mass is 10.00. The predicted molar refractivity (Wildman–Crippen MR) is 101 cm³/mol. The van der Waals surface area contributed by atoms with Gasteiger partial charge in [0.05, 0.1) is 10.0 Å². The van der Waals surface area contributed by atoms with Gasteiger partial charge >= 0.3 is 0 Å². The molecule has 1 saturated heterocycles. The van der Waals surface area contributed by atoms with Gasteiger partial charge in [0.1, 0.15) is 11.5 Å². The third-order valence-electron chi connectivity index (χ3n) is 4.20. The van der Waals surface area contributed by atoms with E-state index in [2.05, 4.69) is 27.6 Å². The molecule has 0 radical (unpaired) electrons. The minimum Gasteiger partial charge on any atom is -0.345 e. The number of piperidine rings is 1. The maximum atomic E-state index is 12.5. The number of carbonyl (C=O) groups excluding carboxylic acids is 1. The van der Waals surface area contributed by atoms with Gasteiger partial charge in [-0.2, -0.15) is 0 Å². The van der Waals surface area contributed by atoms with E-state index in [-0.39, 0.29) is 36.2 Å². The van der Waals surface area contributed by atoms with Crippen LogP contribution in [0.5, 0.6) is 0 Å². The normalized spacial score (nSPS) is 20.0. The molecule has 1 aliphatic rings. The van der Waals surface area contributed by atoms with Crippen molar-refractivity contribution in [3.8, 4) is 5.69 Å². The zero-order valence-electron chi connectivity index (χ0n) is 13.9. The molecule has 0 saturated carbocycles. The number of aryl methyl sites for hydroxylation is 1. The molecule has 0 bridgehead atoms. The van der Waals surface area contributed by atoms with Crippen molar-refractivity contribution in [2.45, 2.75) is 38.8 Å². The molecule has 1 aromatic heterocycles. The van der Waals surface area contributed by atoms with Gasteiger partial charge in [0.15, 0.2) is 0 Å². The van der Waals surface area contributed by atoms with E-state index in [0.29, 0.717) is 21.6 Å². The Morgan fingerprint density at radius 2 is 2.04 bits per heavy atom. The summed E-state index contributed by atoms with van der Waals surface area (Å²) in [5.41, 5.74) is 0.526. The quantitative estimate of drug-likeness (QED) is 0.824. The lowest BCUT2D eigenvalue weighted by molar-refractivity contribution is 0.0909. The molecule has 25 heavy (non-hydrogen) atoms. The van der Waals surface area contributed by atoms with Gasteiger partial charge in [0.2, 0.25) is 5.82 Å². The van der Waals surface area contributed by atoms with Crippen LogP contribution in [0.2, 0.25) is 10.0 Å². The number of halogens is 3. The van der Waals surface area contributed by atoms with Gasteiger partial charge in [-0.15, -0.1) is 17.5 Å².